The van der Waals surface area contributed by atoms with Crippen LogP contribution in [-0.4, -0.2) is 20.2 Å². The van der Waals surface area contributed by atoms with Crippen molar-refractivity contribution in [2.24, 2.45) is 0 Å². The van der Waals surface area contributed by atoms with E-state index in [9.17, 15) is 9.18 Å². The van der Waals surface area contributed by atoms with Crippen LogP contribution in [0.2, 0.25) is 0 Å². The molecule has 0 fully saturated rings. The van der Waals surface area contributed by atoms with Crippen molar-refractivity contribution in [1.29, 1.82) is 0 Å². The summed E-state index contributed by atoms with van der Waals surface area (Å²) in [6.07, 6.45) is 0. The summed E-state index contributed by atoms with van der Waals surface area (Å²) >= 11 is 3.32. The van der Waals surface area contributed by atoms with Crippen LogP contribution in [0.15, 0.2) is 40.9 Å². The van der Waals surface area contributed by atoms with Crippen LogP contribution in [0, 0.1) is 5.82 Å². The summed E-state index contributed by atoms with van der Waals surface area (Å²) in [4.78, 5) is 12.1. The zero-order chi connectivity index (χ0) is 16.1. The van der Waals surface area contributed by atoms with E-state index in [1.807, 2.05) is 0 Å². The molecule has 2 rings (SSSR count). The van der Waals surface area contributed by atoms with Gasteiger partial charge in [-0.1, -0.05) is 12.1 Å². The number of rotatable bonds is 5. The first-order valence-corrected chi connectivity index (χ1v) is 7.17. The topological polar surface area (TPSA) is 44.8 Å². The highest BCUT2D eigenvalue weighted by Gasteiger charge is 2.15. The Kier molecular flexibility index (Phi) is 5.38. The second-order valence-corrected chi connectivity index (χ2v) is 5.19. The molecule has 0 heterocycles. The lowest BCUT2D eigenvalue weighted by Crippen LogP contribution is -2.06. The quantitative estimate of drug-likeness (QED) is 0.749. The number of benzene rings is 2. The van der Waals surface area contributed by atoms with Gasteiger partial charge in [0.25, 0.3) is 0 Å². The minimum atomic E-state index is -0.548. The third-order valence-corrected chi connectivity index (χ3v) is 3.72. The molecule has 116 valence electrons. The van der Waals surface area contributed by atoms with Crippen LogP contribution in [0.4, 0.5) is 4.39 Å². The summed E-state index contributed by atoms with van der Waals surface area (Å²) in [7, 11) is 2.97. The molecule has 2 aromatic rings. The number of halogens is 2. The van der Waals surface area contributed by atoms with Gasteiger partial charge >= 0.3 is 5.97 Å². The van der Waals surface area contributed by atoms with E-state index in [1.165, 1.54) is 26.4 Å². The van der Waals surface area contributed by atoms with E-state index in [0.29, 0.717) is 21.5 Å². The van der Waals surface area contributed by atoms with E-state index >= 15 is 0 Å². The monoisotopic (exact) mass is 368 g/mol. The summed E-state index contributed by atoms with van der Waals surface area (Å²) in [5.41, 5.74) is 0.859. The van der Waals surface area contributed by atoms with E-state index in [4.69, 9.17) is 14.2 Å². The van der Waals surface area contributed by atoms with Crippen molar-refractivity contribution in [1.82, 2.24) is 0 Å². The van der Waals surface area contributed by atoms with Gasteiger partial charge in [-0.25, -0.2) is 9.18 Å². The van der Waals surface area contributed by atoms with Crippen molar-refractivity contribution in [3.63, 3.8) is 0 Å². The molecule has 0 atom stereocenters. The van der Waals surface area contributed by atoms with Gasteiger partial charge < -0.3 is 14.2 Å². The fourth-order valence-electron chi connectivity index (χ4n) is 1.85. The molecule has 6 heteroatoms. The second-order valence-electron chi connectivity index (χ2n) is 4.40. The maximum absolute atomic E-state index is 13.1. The van der Waals surface area contributed by atoms with Crippen LogP contribution >= 0.6 is 15.9 Å². The highest BCUT2D eigenvalue weighted by atomic mass is 79.9. The molecule has 0 bridgehead atoms. The van der Waals surface area contributed by atoms with Crippen LogP contribution in [0.3, 0.4) is 0 Å². The fraction of sp³-hybridized carbons (Fsp3) is 0.188. The van der Waals surface area contributed by atoms with Gasteiger partial charge in [-0.3, -0.25) is 0 Å². The Hall–Kier alpha value is -2.08. The molecule has 0 aromatic heterocycles. The van der Waals surface area contributed by atoms with Gasteiger partial charge in [0.2, 0.25) is 0 Å². The van der Waals surface area contributed by atoms with Crippen molar-refractivity contribution in [2.45, 2.75) is 6.61 Å². The lowest BCUT2D eigenvalue weighted by Gasteiger charge is -2.11. The first kappa shape index (κ1) is 16.3. The maximum atomic E-state index is 13.1. The number of hydrogen-bond donors (Lipinski definition) is 0. The molecule has 0 N–H and O–H groups in total. The van der Waals surface area contributed by atoms with E-state index in [-0.39, 0.29) is 18.0 Å². The molecule has 2 aromatic carbocycles. The van der Waals surface area contributed by atoms with Gasteiger partial charge in [0.05, 0.1) is 19.8 Å². The Morgan fingerprint density at radius 2 is 1.77 bits per heavy atom. The number of carbonyl (C=O) groups is 1. The summed E-state index contributed by atoms with van der Waals surface area (Å²) in [6.45, 7) is -0.0166. The molecule has 0 saturated carbocycles. The van der Waals surface area contributed by atoms with Crippen LogP contribution in [0.25, 0.3) is 0 Å². The highest BCUT2D eigenvalue weighted by molar-refractivity contribution is 9.10. The van der Waals surface area contributed by atoms with Crippen molar-refractivity contribution in [2.75, 3.05) is 14.2 Å². The van der Waals surface area contributed by atoms with Crippen molar-refractivity contribution >= 4 is 21.9 Å². The van der Waals surface area contributed by atoms with E-state index in [2.05, 4.69) is 15.9 Å². The van der Waals surface area contributed by atoms with Crippen LogP contribution < -0.4 is 9.47 Å². The van der Waals surface area contributed by atoms with Gasteiger partial charge in [-0.2, -0.15) is 0 Å². The average Bonchev–Trinajstić information content (AvgIpc) is 2.53. The molecule has 0 radical (unpaired) electrons. The summed E-state index contributed by atoms with van der Waals surface area (Å²) < 4.78 is 29.2. The summed E-state index contributed by atoms with van der Waals surface area (Å²) in [5, 5.41) is 0. The third kappa shape index (κ3) is 3.76. The number of methoxy groups -OCH3 is 2. The predicted molar refractivity (Wildman–Crippen MR) is 82.8 cm³/mol. The fourth-order valence-corrected chi connectivity index (χ4v) is 2.40. The molecular weight excluding hydrogens is 355 g/mol. The van der Waals surface area contributed by atoms with E-state index < -0.39 is 5.97 Å². The molecule has 0 aliphatic rings. The van der Waals surface area contributed by atoms with Crippen molar-refractivity contribution < 1.29 is 23.4 Å². The summed E-state index contributed by atoms with van der Waals surface area (Å²) in [6, 6.07) is 8.97. The Morgan fingerprint density at radius 3 is 2.32 bits per heavy atom. The van der Waals surface area contributed by atoms with Crippen LogP contribution in [0.1, 0.15) is 15.9 Å². The number of carbonyl (C=O) groups excluding carboxylic acids is 1. The molecule has 0 saturated heterocycles. The standard InChI is InChI=1S/C16H14BrFO4/c1-20-13-7-11(8-14(21-2)15(13)17)16(19)22-9-10-4-3-5-12(18)6-10/h3-8H,9H2,1-2H3. The molecule has 4 nitrogen and oxygen atoms in total. The van der Waals surface area contributed by atoms with Crippen molar-refractivity contribution in [3.8, 4) is 11.5 Å². The molecule has 0 aliphatic heterocycles. The minimum absolute atomic E-state index is 0.0166. The predicted octanol–water partition coefficient (Wildman–Crippen LogP) is 3.96. The zero-order valence-electron chi connectivity index (χ0n) is 12.1. The zero-order valence-corrected chi connectivity index (χ0v) is 13.6. The number of esters is 1. The number of hydrogen-bond acceptors (Lipinski definition) is 4. The summed E-state index contributed by atoms with van der Waals surface area (Å²) in [5.74, 6) is -0.0111. The first-order valence-electron chi connectivity index (χ1n) is 6.38. The highest BCUT2D eigenvalue weighted by Crippen LogP contribution is 2.35. The molecular formula is C16H14BrFO4. The Bertz CT molecular complexity index is 663. The van der Waals surface area contributed by atoms with Crippen LogP contribution in [0.5, 0.6) is 11.5 Å². The van der Waals surface area contributed by atoms with Crippen molar-refractivity contribution in [3.05, 3.63) is 57.8 Å². The first-order chi connectivity index (χ1) is 10.5. The Labute approximate surface area is 135 Å². The van der Waals surface area contributed by atoms with Gasteiger partial charge in [0, 0.05) is 0 Å². The van der Waals surface area contributed by atoms with Gasteiger partial charge in [0.15, 0.2) is 0 Å². The largest absolute Gasteiger partial charge is 0.495 e. The van der Waals surface area contributed by atoms with Gasteiger partial charge in [0.1, 0.15) is 28.4 Å². The van der Waals surface area contributed by atoms with Gasteiger partial charge in [-0.15, -0.1) is 0 Å². The normalized spacial score (nSPS) is 10.2. The third-order valence-electron chi connectivity index (χ3n) is 2.94. The van der Waals surface area contributed by atoms with E-state index in [1.54, 1.807) is 24.3 Å². The molecule has 22 heavy (non-hydrogen) atoms. The molecule has 0 unspecified atom stereocenters. The average molecular weight is 369 g/mol. The second kappa shape index (κ2) is 7.26. The molecule has 0 amide bonds. The molecule has 0 spiro atoms. The minimum Gasteiger partial charge on any atom is -0.495 e. The molecule has 0 aliphatic carbocycles. The SMILES string of the molecule is COc1cc(C(=O)OCc2cccc(F)c2)cc(OC)c1Br. The van der Waals surface area contributed by atoms with Crippen LogP contribution in [-0.2, 0) is 11.3 Å². The smallest absolute Gasteiger partial charge is 0.338 e. The van der Waals surface area contributed by atoms with E-state index in [0.717, 1.165) is 0 Å². The number of ether oxygens (including phenoxy) is 3. The van der Waals surface area contributed by atoms with Gasteiger partial charge in [-0.05, 0) is 45.8 Å². The Balaban J connectivity index is 2.15. The Morgan fingerprint density at radius 1 is 1.14 bits per heavy atom. The maximum Gasteiger partial charge on any atom is 0.338 e. The lowest BCUT2D eigenvalue weighted by molar-refractivity contribution is 0.0471. The lowest BCUT2D eigenvalue weighted by atomic mass is 10.2.